The van der Waals surface area contributed by atoms with Crippen molar-refractivity contribution in [2.45, 2.75) is 38.6 Å². The molecule has 0 spiro atoms. The molecule has 3 aromatic rings. The van der Waals surface area contributed by atoms with Gasteiger partial charge in [0.1, 0.15) is 16.7 Å². The zero-order chi connectivity index (χ0) is 24.2. The maximum absolute atomic E-state index is 13.6. The highest BCUT2D eigenvalue weighted by Crippen LogP contribution is 2.35. The highest BCUT2D eigenvalue weighted by Gasteiger charge is 2.33. The number of hydrogen-bond donors (Lipinski definition) is 0. The molecule has 0 aliphatic carbocycles. The number of amides is 1. The molecule has 1 saturated heterocycles. The standard InChI is InChI=1S/C25H32N6O2S/c1-17-21(34-24(27-17)28-25(29(2)3)30(4)5)23(32)31-14-10-9-13-20(31)22-26-16-19(33-22)15-18-11-7-6-8-12-18/h6-8,11-12,16,20H,9-10,13-15H2,1-5H3/t20-/m0/s1. The van der Waals surface area contributed by atoms with E-state index in [9.17, 15) is 4.79 Å². The molecule has 4 rings (SSSR count). The Balaban J connectivity index is 1.56. The van der Waals surface area contributed by atoms with E-state index in [0.29, 0.717) is 34.6 Å². The lowest BCUT2D eigenvalue weighted by Crippen LogP contribution is -2.38. The second-order valence-electron chi connectivity index (χ2n) is 8.95. The number of nitrogens with zero attached hydrogens (tertiary/aromatic N) is 6. The van der Waals surface area contributed by atoms with Crippen LogP contribution in [0, 0.1) is 6.92 Å². The second-order valence-corrected chi connectivity index (χ2v) is 9.93. The van der Waals surface area contributed by atoms with Crippen LogP contribution in [-0.2, 0) is 6.42 Å². The van der Waals surface area contributed by atoms with E-state index in [0.717, 1.165) is 31.0 Å². The van der Waals surface area contributed by atoms with Crippen LogP contribution in [0.4, 0.5) is 5.13 Å². The van der Waals surface area contributed by atoms with Crippen molar-refractivity contribution in [1.82, 2.24) is 24.7 Å². The average Bonchev–Trinajstić information content (AvgIpc) is 3.43. The van der Waals surface area contributed by atoms with Crippen LogP contribution in [0.2, 0.25) is 0 Å². The Morgan fingerprint density at radius 2 is 1.91 bits per heavy atom. The molecular weight excluding hydrogens is 448 g/mol. The summed E-state index contributed by atoms with van der Waals surface area (Å²) in [5, 5.41) is 0.577. The minimum atomic E-state index is -0.168. The van der Waals surface area contributed by atoms with Gasteiger partial charge in [-0.3, -0.25) is 4.79 Å². The van der Waals surface area contributed by atoms with Gasteiger partial charge in [0.2, 0.25) is 17.0 Å². The Kier molecular flexibility index (Phi) is 7.31. The number of guanidine groups is 1. The molecule has 1 fully saturated rings. The van der Waals surface area contributed by atoms with Gasteiger partial charge in [-0.05, 0) is 31.7 Å². The molecule has 1 aliphatic heterocycles. The zero-order valence-electron chi connectivity index (χ0n) is 20.5. The molecule has 0 N–H and O–H groups in total. The quantitative estimate of drug-likeness (QED) is 0.395. The van der Waals surface area contributed by atoms with Gasteiger partial charge in [0.25, 0.3) is 5.91 Å². The van der Waals surface area contributed by atoms with Gasteiger partial charge in [0.05, 0.1) is 11.9 Å². The summed E-state index contributed by atoms with van der Waals surface area (Å²) in [6.45, 7) is 2.55. The van der Waals surface area contributed by atoms with E-state index in [2.05, 4.69) is 27.1 Å². The van der Waals surface area contributed by atoms with Crippen LogP contribution in [0.5, 0.6) is 0 Å². The van der Waals surface area contributed by atoms with Crippen molar-refractivity contribution >= 4 is 28.3 Å². The van der Waals surface area contributed by atoms with Crippen molar-refractivity contribution in [3.05, 3.63) is 64.3 Å². The predicted octanol–water partition coefficient (Wildman–Crippen LogP) is 4.51. The summed E-state index contributed by atoms with van der Waals surface area (Å²) in [5.74, 6) is 2.17. The predicted molar refractivity (Wildman–Crippen MR) is 135 cm³/mol. The van der Waals surface area contributed by atoms with E-state index in [1.54, 1.807) is 6.20 Å². The summed E-state index contributed by atoms with van der Waals surface area (Å²) < 4.78 is 6.13. The SMILES string of the molecule is Cc1nc(N=C(N(C)C)N(C)C)sc1C(=O)N1CCCC[C@H]1c1ncc(Cc2ccccc2)o1. The third-order valence-corrected chi connectivity index (χ3v) is 6.86. The van der Waals surface area contributed by atoms with Gasteiger partial charge in [-0.15, -0.1) is 0 Å². The number of piperidine rings is 1. The number of aromatic nitrogens is 2. The topological polar surface area (TPSA) is 78.1 Å². The Labute approximate surface area is 204 Å². The number of carbonyl (C=O) groups excluding carboxylic acids is 1. The van der Waals surface area contributed by atoms with Crippen molar-refractivity contribution in [1.29, 1.82) is 0 Å². The number of carbonyl (C=O) groups is 1. The lowest BCUT2D eigenvalue weighted by Gasteiger charge is -2.33. The number of hydrogen-bond acceptors (Lipinski definition) is 6. The molecule has 0 saturated carbocycles. The van der Waals surface area contributed by atoms with Crippen LogP contribution >= 0.6 is 11.3 Å². The largest absolute Gasteiger partial charge is 0.443 e. The third kappa shape index (κ3) is 5.30. The Morgan fingerprint density at radius 3 is 2.62 bits per heavy atom. The molecule has 180 valence electrons. The normalized spacial score (nSPS) is 15.8. The highest BCUT2D eigenvalue weighted by molar-refractivity contribution is 7.17. The third-order valence-electron chi connectivity index (χ3n) is 5.82. The maximum Gasteiger partial charge on any atom is 0.266 e. The first-order valence-electron chi connectivity index (χ1n) is 11.5. The molecule has 3 heterocycles. The molecule has 34 heavy (non-hydrogen) atoms. The Hall–Kier alpha value is -3.20. The van der Waals surface area contributed by atoms with E-state index in [1.165, 1.54) is 16.9 Å². The van der Waals surface area contributed by atoms with Gasteiger partial charge in [0, 0.05) is 41.2 Å². The molecule has 0 unspecified atom stereocenters. The minimum Gasteiger partial charge on any atom is -0.443 e. The van der Waals surface area contributed by atoms with E-state index in [-0.39, 0.29) is 11.9 Å². The van der Waals surface area contributed by atoms with Crippen molar-refractivity contribution in [3.8, 4) is 0 Å². The van der Waals surface area contributed by atoms with Gasteiger partial charge < -0.3 is 19.1 Å². The van der Waals surface area contributed by atoms with Gasteiger partial charge >= 0.3 is 0 Å². The van der Waals surface area contributed by atoms with E-state index in [4.69, 9.17) is 4.42 Å². The summed E-state index contributed by atoms with van der Waals surface area (Å²) in [6.07, 6.45) is 5.31. The minimum absolute atomic E-state index is 0.0276. The molecule has 0 radical (unpaired) electrons. The molecule has 2 aromatic heterocycles. The first-order valence-corrected chi connectivity index (χ1v) is 12.4. The summed E-state index contributed by atoms with van der Waals surface area (Å²) >= 11 is 1.33. The molecule has 1 atom stereocenters. The van der Waals surface area contributed by atoms with Gasteiger partial charge in [0.15, 0.2) is 0 Å². The molecule has 1 aliphatic rings. The van der Waals surface area contributed by atoms with E-state index in [1.807, 2.05) is 68.0 Å². The lowest BCUT2D eigenvalue weighted by molar-refractivity contribution is 0.0574. The van der Waals surface area contributed by atoms with Crippen molar-refractivity contribution in [2.75, 3.05) is 34.7 Å². The number of oxazole rings is 1. The lowest BCUT2D eigenvalue weighted by atomic mass is 10.0. The van der Waals surface area contributed by atoms with Gasteiger partial charge in [-0.25, -0.2) is 9.97 Å². The number of rotatable bonds is 5. The van der Waals surface area contributed by atoms with Crippen molar-refractivity contribution in [2.24, 2.45) is 4.99 Å². The molecule has 9 heteroatoms. The number of aliphatic imine (C=N–C) groups is 1. The number of aryl methyl sites for hydroxylation is 1. The van der Waals surface area contributed by atoms with Crippen LogP contribution in [0.3, 0.4) is 0 Å². The molecule has 1 amide bonds. The second kappa shape index (κ2) is 10.4. The van der Waals surface area contributed by atoms with Crippen LogP contribution in [0.1, 0.15) is 57.9 Å². The smallest absolute Gasteiger partial charge is 0.266 e. The first kappa shape index (κ1) is 23.9. The Morgan fingerprint density at radius 1 is 1.18 bits per heavy atom. The van der Waals surface area contributed by atoms with Crippen molar-refractivity contribution in [3.63, 3.8) is 0 Å². The van der Waals surface area contributed by atoms with Crippen LogP contribution < -0.4 is 0 Å². The maximum atomic E-state index is 13.6. The first-order chi connectivity index (χ1) is 16.3. The summed E-state index contributed by atoms with van der Waals surface area (Å²) in [4.78, 5) is 33.8. The number of benzene rings is 1. The molecular formula is C25H32N6O2S. The van der Waals surface area contributed by atoms with Crippen LogP contribution in [-0.4, -0.2) is 71.3 Å². The van der Waals surface area contributed by atoms with Crippen molar-refractivity contribution < 1.29 is 9.21 Å². The fraction of sp³-hybridized carbons (Fsp3) is 0.440. The summed E-state index contributed by atoms with van der Waals surface area (Å²) in [6, 6.07) is 10.0. The molecule has 8 nitrogen and oxygen atoms in total. The van der Waals surface area contributed by atoms with Gasteiger partial charge in [-0.1, -0.05) is 41.7 Å². The van der Waals surface area contributed by atoms with E-state index >= 15 is 0 Å². The monoisotopic (exact) mass is 480 g/mol. The van der Waals surface area contributed by atoms with Gasteiger partial charge in [-0.2, -0.15) is 4.99 Å². The average molecular weight is 481 g/mol. The van der Waals surface area contributed by atoms with Crippen LogP contribution in [0.25, 0.3) is 0 Å². The Bertz CT molecular complexity index is 1140. The molecule has 0 bridgehead atoms. The molecule has 1 aromatic carbocycles. The van der Waals surface area contributed by atoms with Crippen LogP contribution in [0.15, 0.2) is 45.9 Å². The number of likely N-dealkylation sites (tertiary alicyclic amines) is 1. The fourth-order valence-electron chi connectivity index (χ4n) is 4.23. The summed E-state index contributed by atoms with van der Waals surface area (Å²) in [7, 11) is 7.75. The van der Waals surface area contributed by atoms with E-state index < -0.39 is 0 Å². The summed E-state index contributed by atoms with van der Waals surface area (Å²) in [5.41, 5.74) is 1.87. The highest BCUT2D eigenvalue weighted by atomic mass is 32.1. The zero-order valence-corrected chi connectivity index (χ0v) is 21.3. The fourth-order valence-corrected chi connectivity index (χ4v) is 5.12. The number of thiazole rings is 1.